The maximum absolute atomic E-state index is 9.84. The van der Waals surface area contributed by atoms with Crippen LogP contribution < -0.4 is 0 Å². The fourth-order valence-electron chi connectivity index (χ4n) is 0. The Morgan fingerprint density at radius 1 is 1.43 bits per heavy atom. The van der Waals surface area contributed by atoms with Gasteiger partial charge in [-0.3, -0.25) is 4.55 Å². The van der Waals surface area contributed by atoms with Gasteiger partial charge < -0.3 is 0 Å². The van der Waals surface area contributed by atoms with Crippen molar-refractivity contribution in [1.29, 1.82) is 0 Å². The van der Waals surface area contributed by atoms with E-state index in [1.165, 1.54) is 0 Å². The minimum absolute atomic E-state index is 0.840. The predicted octanol–water partition coefficient (Wildman–Crippen LogP) is -0.0920. The zero-order valence-corrected chi connectivity index (χ0v) is 6.53. The van der Waals surface area contributed by atoms with Gasteiger partial charge in [0.05, 0.1) is 0 Å². The molecule has 0 rings (SSSR count). The van der Waals surface area contributed by atoms with Crippen molar-refractivity contribution in [3.8, 4) is 0 Å². The van der Waals surface area contributed by atoms with Crippen molar-refractivity contribution >= 4 is 28.6 Å². The van der Waals surface area contributed by atoms with Crippen LogP contribution in [0, 0.1) is 0 Å². The van der Waals surface area contributed by atoms with Crippen molar-refractivity contribution in [3.05, 3.63) is 0 Å². The Labute approximate surface area is 47.0 Å². The van der Waals surface area contributed by atoms with Crippen LogP contribution in [0.2, 0.25) is 0 Å². The van der Waals surface area contributed by atoms with E-state index in [2.05, 4.69) is 0 Å². The molecule has 1 N–H and O–H groups in total. The lowest BCUT2D eigenvalue weighted by molar-refractivity contribution is 0.487. The molecule has 0 amide bonds. The molecule has 7 heavy (non-hydrogen) atoms. The van der Waals surface area contributed by atoms with Gasteiger partial charge in [0.15, 0.2) is 0 Å². The molecule has 0 fully saturated rings. The summed E-state index contributed by atoms with van der Waals surface area (Å²) in [4.78, 5) is 0. The third kappa shape index (κ3) is 3.36. The summed E-state index contributed by atoms with van der Waals surface area (Å²) in [5, 5.41) is 0. The fourth-order valence-corrected chi connectivity index (χ4v) is 0. The molecule has 2 unspecified atom stereocenters. The summed E-state index contributed by atoms with van der Waals surface area (Å²) in [7, 11) is 0.0417. The molecule has 0 aliphatic rings. The minimum Gasteiger partial charge on any atom is -0.285 e. The van der Waals surface area contributed by atoms with E-state index in [1.54, 1.807) is 0 Å². The second kappa shape index (κ2) is 2.36. The predicted molar refractivity (Wildman–Crippen MR) is 34.8 cm³/mol. The Morgan fingerprint density at radius 3 is 1.57 bits per heavy atom. The number of hydrogen-bond donors (Lipinski definition) is 1. The highest BCUT2D eigenvalue weighted by Crippen LogP contribution is 2.13. The fraction of sp³-hybridized carbons (Fsp3) is 1.00. The first-order valence-corrected chi connectivity index (χ1v) is 4.25. The van der Waals surface area contributed by atoms with Gasteiger partial charge in [-0.15, -0.1) is 18.5 Å². The summed E-state index contributed by atoms with van der Waals surface area (Å²) in [6.07, 6.45) is 0. The summed E-state index contributed by atoms with van der Waals surface area (Å²) in [6.45, 7) is 0. The van der Waals surface area contributed by atoms with Crippen LogP contribution in [0.15, 0.2) is 0 Å². The molecule has 0 bridgehead atoms. The van der Waals surface area contributed by atoms with Crippen LogP contribution in [0.5, 0.6) is 0 Å². The second-order valence-electron chi connectivity index (χ2n) is 0.980. The van der Waals surface area contributed by atoms with E-state index in [9.17, 15) is 8.42 Å². The molecule has 0 aromatic carbocycles. The van der Waals surface area contributed by atoms with Crippen molar-refractivity contribution in [2.24, 2.45) is 0 Å². The lowest BCUT2D eigenvalue weighted by Gasteiger charge is -1.94. The number of hydrogen-bond acceptors (Lipinski definition) is 2. The first kappa shape index (κ1) is 7.77. The van der Waals surface area contributed by atoms with Gasteiger partial charge in [0.1, 0.15) is 4.73 Å². The van der Waals surface area contributed by atoms with Crippen molar-refractivity contribution < 1.29 is 13.0 Å². The standard InChI is InChI=1S/CH6O3P2S/c2-7(3,4)1(5)6/h1H,5-6H2,(H,2,3,4). The van der Waals surface area contributed by atoms with Gasteiger partial charge in [0.2, 0.25) is 0 Å². The van der Waals surface area contributed by atoms with Crippen molar-refractivity contribution in [3.63, 3.8) is 0 Å². The van der Waals surface area contributed by atoms with E-state index in [1.807, 2.05) is 18.5 Å². The first-order chi connectivity index (χ1) is 2.94. The zero-order valence-electron chi connectivity index (χ0n) is 3.40. The van der Waals surface area contributed by atoms with Gasteiger partial charge in [-0.25, -0.2) is 0 Å². The molecule has 3 nitrogen and oxygen atoms in total. The highest BCUT2D eigenvalue weighted by atomic mass is 32.2. The molecule has 0 aliphatic carbocycles. The monoisotopic (exact) mass is 160 g/mol. The third-order valence-electron chi connectivity index (χ3n) is 0.344. The summed E-state index contributed by atoms with van der Waals surface area (Å²) < 4.78 is 26.9. The number of rotatable bonds is 1. The maximum atomic E-state index is 9.84. The van der Waals surface area contributed by atoms with Crippen molar-refractivity contribution in [1.82, 2.24) is 0 Å². The SMILES string of the molecule is O=S(=O)(O)C(P)P. The highest BCUT2D eigenvalue weighted by molar-refractivity contribution is 7.95. The first-order valence-electron chi connectivity index (χ1n) is 1.42. The Morgan fingerprint density at radius 2 is 1.57 bits per heavy atom. The Kier molecular flexibility index (Phi) is 2.62. The van der Waals surface area contributed by atoms with E-state index >= 15 is 0 Å². The van der Waals surface area contributed by atoms with Crippen LogP contribution in [0.1, 0.15) is 0 Å². The van der Waals surface area contributed by atoms with Crippen LogP contribution >= 0.6 is 18.5 Å². The van der Waals surface area contributed by atoms with Gasteiger partial charge in [-0.05, 0) is 0 Å². The van der Waals surface area contributed by atoms with E-state index in [-0.39, 0.29) is 0 Å². The molecule has 6 heteroatoms. The minimum atomic E-state index is -3.81. The molecule has 0 aromatic heterocycles. The molecule has 0 saturated heterocycles. The summed E-state index contributed by atoms with van der Waals surface area (Å²) in [5.74, 6) is 0. The highest BCUT2D eigenvalue weighted by Gasteiger charge is 2.08. The second-order valence-corrected chi connectivity index (χ2v) is 5.73. The van der Waals surface area contributed by atoms with Crippen LogP contribution in [0.3, 0.4) is 0 Å². The molecular formula is CH6O3P2S. The topological polar surface area (TPSA) is 54.4 Å². The smallest absolute Gasteiger partial charge is 0.274 e. The van der Waals surface area contributed by atoms with Crippen LogP contribution in [0.4, 0.5) is 0 Å². The van der Waals surface area contributed by atoms with E-state index in [0.29, 0.717) is 0 Å². The maximum Gasteiger partial charge on any atom is 0.274 e. The van der Waals surface area contributed by atoms with E-state index < -0.39 is 14.9 Å². The normalized spacial score (nSPS) is 12.6. The third-order valence-corrected chi connectivity index (χ3v) is 3.10. The summed E-state index contributed by atoms with van der Waals surface area (Å²) in [6, 6.07) is 0. The van der Waals surface area contributed by atoms with Gasteiger partial charge in [0, 0.05) is 0 Å². The summed E-state index contributed by atoms with van der Waals surface area (Å²) >= 11 is 0. The van der Waals surface area contributed by atoms with E-state index in [4.69, 9.17) is 4.55 Å². The Hall–Kier alpha value is 0.770. The van der Waals surface area contributed by atoms with Gasteiger partial charge in [-0.2, -0.15) is 8.42 Å². The lowest BCUT2D eigenvalue weighted by Crippen LogP contribution is -2.04. The van der Waals surface area contributed by atoms with Crippen LogP contribution in [-0.4, -0.2) is 17.7 Å². The average molecular weight is 160 g/mol. The van der Waals surface area contributed by atoms with Gasteiger partial charge in [0.25, 0.3) is 10.1 Å². The summed E-state index contributed by atoms with van der Waals surface area (Å²) in [5.41, 5.74) is 0. The van der Waals surface area contributed by atoms with Crippen molar-refractivity contribution in [2.45, 2.75) is 4.73 Å². The van der Waals surface area contributed by atoms with E-state index in [0.717, 1.165) is 0 Å². The molecule has 0 saturated carbocycles. The Balaban J connectivity index is 4.10. The molecule has 44 valence electrons. The zero-order chi connectivity index (χ0) is 6.08. The quantitative estimate of drug-likeness (QED) is 0.430. The molecule has 0 radical (unpaired) electrons. The van der Waals surface area contributed by atoms with Gasteiger partial charge in [-0.1, -0.05) is 0 Å². The molecule has 0 heterocycles. The molecular weight excluding hydrogens is 154 g/mol. The lowest BCUT2D eigenvalue weighted by atomic mass is 11.9. The van der Waals surface area contributed by atoms with Gasteiger partial charge >= 0.3 is 0 Å². The average Bonchev–Trinajstić information content (AvgIpc) is 1.31. The van der Waals surface area contributed by atoms with Crippen LogP contribution in [0.25, 0.3) is 0 Å². The molecule has 0 aromatic rings. The van der Waals surface area contributed by atoms with Crippen molar-refractivity contribution in [2.75, 3.05) is 0 Å². The molecule has 0 spiro atoms. The Bertz CT molecular complexity index is 135. The molecule has 2 atom stereocenters. The van der Waals surface area contributed by atoms with Crippen LogP contribution in [-0.2, 0) is 10.1 Å². The largest absolute Gasteiger partial charge is 0.285 e. The molecule has 0 aliphatic heterocycles.